The second kappa shape index (κ2) is 8.63. The molecule has 0 saturated carbocycles. The van der Waals surface area contributed by atoms with Crippen LogP contribution in [0.3, 0.4) is 0 Å². The Morgan fingerprint density at radius 1 is 1.12 bits per heavy atom. The molecule has 26 heavy (non-hydrogen) atoms. The van der Waals surface area contributed by atoms with Crippen LogP contribution in [0.4, 0.5) is 4.79 Å². The monoisotopic (exact) mass is 352 g/mol. The molecule has 0 spiro atoms. The van der Waals surface area contributed by atoms with Crippen molar-refractivity contribution < 1.29 is 14.3 Å². The molecule has 0 aromatic heterocycles. The lowest BCUT2D eigenvalue weighted by atomic mass is 10.1. The Morgan fingerprint density at radius 2 is 1.73 bits per heavy atom. The van der Waals surface area contributed by atoms with Crippen molar-refractivity contribution in [3.05, 3.63) is 71.8 Å². The van der Waals surface area contributed by atoms with Gasteiger partial charge in [-0.1, -0.05) is 60.7 Å². The Bertz CT molecular complexity index is 721. The predicted octanol–water partition coefficient (Wildman–Crippen LogP) is 3.10. The summed E-state index contributed by atoms with van der Waals surface area (Å²) in [7, 11) is 1.71. The smallest absolute Gasteiger partial charge is 0.410 e. The molecule has 1 aliphatic heterocycles. The highest BCUT2D eigenvalue weighted by atomic mass is 16.6. The van der Waals surface area contributed by atoms with E-state index < -0.39 is 6.09 Å². The van der Waals surface area contributed by atoms with Gasteiger partial charge in [0.05, 0.1) is 12.1 Å². The molecule has 2 unspecified atom stereocenters. The number of nitrogens with zero attached hydrogens (tertiary/aromatic N) is 2. The maximum Gasteiger partial charge on any atom is 0.410 e. The zero-order chi connectivity index (χ0) is 18.4. The summed E-state index contributed by atoms with van der Waals surface area (Å²) in [6.45, 7) is 1.71. The van der Waals surface area contributed by atoms with E-state index in [9.17, 15) is 9.59 Å². The molecule has 3 rings (SSSR count). The van der Waals surface area contributed by atoms with Gasteiger partial charge in [0.15, 0.2) is 0 Å². The van der Waals surface area contributed by atoms with Gasteiger partial charge < -0.3 is 14.4 Å². The number of hydrogen-bond donors (Lipinski definition) is 0. The van der Waals surface area contributed by atoms with E-state index >= 15 is 0 Å². The van der Waals surface area contributed by atoms with Crippen LogP contribution in [0.25, 0.3) is 0 Å². The number of likely N-dealkylation sites (tertiary alicyclic amines) is 1. The Hall–Kier alpha value is -2.66. The van der Waals surface area contributed by atoms with E-state index in [4.69, 9.17) is 4.74 Å². The first kappa shape index (κ1) is 18.1. The van der Waals surface area contributed by atoms with E-state index in [-0.39, 0.29) is 18.7 Å². The molecule has 0 bridgehead atoms. The van der Waals surface area contributed by atoms with E-state index in [1.807, 2.05) is 60.7 Å². The van der Waals surface area contributed by atoms with Crippen molar-refractivity contribution >= 4 is 12.4 Å². The molecule has 1 heterocycles. The summed E-state index contributed by atoms with van der Waals surface area (Å²) in [5.74, 6) is 0. The van der Waals surface area contributed by atoms with Crippen LogP contribution >= 0.6 is 0 Å². The average Bonchev–Trinajstić information content (AvgIpc) is 3.09. The van der Waals surface area contributed by atoms with Crippen molar-refractivity contribution in [2.45, 2.75) is 31.7 Å². The van der Waals surface area contributed by atoms with Gasteiger partial charge in [-0.05, 0) is 17.5 Å². The Balaban J connectivity index is 1.58. The fourth-order valence-electron chi connectivity index (χ4n) is 3.42. The summed E-state index contributed by atoms with van der Waals surface area (Å²) in [6.07, 6.45) is 1.31. The van der Waals surface area contributed by atoms with Gasteiger partial charge in [0.2, 0.25) is 0 Å². The van der Waals surface area contributed by atoms with Crippen LogP contribution in [-0.4, -0.2) is 47.9 Å². The molecular weight excluding hydrogens is 328 g/mol. The molecule has 5 nitrogen and oxygen atoms in total. The van der Waals surface area contributed by atoms with Gasteiger partial charge in [0, 0.05) is 20.1 Å². The minimum Gasteiger partial charge on any atom is -0.445 e. The average molecular weight is 352 g/mol. The number of aldehydes is 1. The largest absolute Gasteiger partial charge is 0.445 e. The van der Waals surface area contributed by atoms with Gasteiger partial charge >= 0.3 is 6.09 Å². The van der Waals surface area contributed by atoms with Gasteiger partial charge in [-0.15, -0.1) is 0 Å². The highest BCUT2D eigenvalue weighted by Gasteiger charge is 2.38. The predicted molar refractivity (Wildman–Crippen MR) is 99.5 cm³/mol. The van der Waals surface area contributed by atoms with Crippen molar-refractivity contribution in [3.8, 4) is 0 Å². The molecule has 1 amide bonds. The van der Waals surface area contributed by atoms with E-state index in [1.165, 1.54) is 0 Å². The maximum atomic E-state index is 12.4. The Morgan fingerprint density at radius 3 is 2.35 bits per heavy atom. The molecular formula is C21H24N2O3. The van der Waals surface area contributed by atoms with Gasteiger partial charge in [0.25, 0.3) is 0 Å². The van der Waals surface area contributed by atoms with Crippen molar-refractivity contribution in [1.82, 2.24) is 9.80 Å². The minimum atomic E-state index is -0.396. The van der Waals surface area contributed by atoms with E-state index in [1.54, 1.807) is 11.9 Å². The SMILES string of the molecule is CN(C(=O)OCc1ccccc1)C1CCN(Cc2ccccc2)C1C=O. The Kier molecular flexibility index (Phi) is 6.02. The van der Waals surface area contributed by atoms with Crippen LogP contribution in [0.15, 0.2) is 60.7 Å². The van der Waals surface area contributed by atoms with E-state index in [0.717, 1.165) is 30.4 Å². The first-order valence-electron chi connectivity index (χ1n) is 8.86. The molecule has 5 heteroatoms. The fraction of sp³-hybridized carbons (Fsp3) is 0.333. The lowest BCUT2D eigenvalue weighted by molar-refractivity contribution is -0.112. The van der Waals surface area contributed by atoms with E-state index in [2.05, 4.69) is 4.90 Å². The lowest BCUT2D eigenvalue weighted by Gasteiger charge is -2.29. The summed E-state index contributed by atoms with van der Waals surface area (Å²) in [5, 5.41) is 0. The molecule has 2 aromatic rings. The standard InChI is InChI=1S/C21H24N2O3/c1-22(21(25)26-16-18-10-6-3-7-11-18)19-12-13-23(20(19)15-24)14-17-8-4-2-5-9-17/h2-11,15,19-20H,12-14,16H2,1H3. The highest BCUT2D eigenvalue weighted by Crippen LogP contribution is 2.24. The molecule has 0 aliphatic carbocycles. The minimum absolute atomic E-state index is 0.167. The van der Waals surface area contributed by atoms with Gasteiger partial charge in [-0.3, -0.25) is 4.90 Å². The number of amides is 1. The summed E-state index contributed by atoms with van der Waals surface area (Å²) < 4.78 is 5.40. The second-order valence-electron chi connectivity index (χ2n) is 6.59. The third kappa shape index (κ3) is 4.29. The maximum absolute atomic E-state index is 12.4. The van der Waals surface area contributed by atoms with Crippen molar-refractivity contribution in [2.75, 3.05) is 13.6 Å². The topological polar surface area (TPSA) is 49.9 Å². The molecule has 0 radical (unpaired) electrons. The summed E-state index contributed by atoms with van der Waals surface area (Å²) in [5.41, 5.74) is 2.10. The zero-order valence-corrected chi connectivity index (χ0v) is 15.0. The first-order valence-corrected chi connectivity index (χ1v) is 8.86. The van der Waals surface area contributed by atoms with Crippen molar-refractivity contribution in [3.63, 3.8) is 0 Å². The van der Waals surface area contributed by atoms with Crippen LogP contribution in [-0.2, 0) is 22.7 Å². The third-order valence-corrected chi connectivity index (χ3v) is 4.89. The molecule has 0 N–H and O–H groups in total. The highest BCUT2D eigenvalue weighted by molar-refractivity contribution is 5.70. The summed E-state index contributed by atoms with van der Waals surface area (Å²) in [6, 6.07) is 19.1. The molecule has 2 atom stereocenters. The second-order valence-corrected chi connectivity index (χ2v) is 6.59. The zero-order valence-electron chi connectivity index (χ0n) is 15.0. The number of benzene rings is 2. The van der Waals surface area contributed by atoms with Crippen LogP contribution in [0.1, 0.15) is 17.5 Å². The number of carbonyl (C=O) groups excluding carboxylic acids is 2. The van der Waals surface area contributed by atoms with Gasteiger partial charge in [-0.2, -0.15) is 0 Å². The van der Waals surface area contributed by atoms with Crippen LogP contribution in [0, 0.1) is 0 Å². The number of carbonyl (C=O) groups is 2. The van der Waals surface area contributed by atoms with Gasteiger partial charge in [0.1, 0.15) is 12.9 Å². The molecule has 136 valence electrons. The quantitative estimate of drug-likeness (QED) is 0.750. The summed E-state index contributed by atoms with van der Waals surface area (Å²) in [4.78, 5) is 27.8. The number of likely N-dealkylation sites (N-methyl/N-ethyl adjacent to an activating group) is 1. The third-order valence-electron chi connectivity index (χ3n) is 4.89. The number of ether oxygens (including phenoxy) is 1. The molecule has 1 fully saturated rings. The fourth-order valence-corrected chi connectivity index (χ4v) is 3.42. The van der Waals surface area contributed by atoms with E-state index in [0.29, 0.717) is 6.54 Å². The normalized spacial score (nSPS) is 19.9. The Labute approximate surface area is 154 Å². The number of hydrogen-bond acceptors (Lipinski definition) is 4. The number of rotatable bonds is 6. The molecule has 1 saturated heterocycles. The molecule has 1 aliphatic rings. The lowest BCUT2D eigenvalue weighted by Crippen LogP contribution is -2.46. The van der Waals surface area contributed by atoms with Gasteiger partial charge in [-0.25, -0.2) is 4.79 Å². The van der Waals surface area contributed by atoms with Crippen LogP contribution in [0.2, 0.25) is 0 Å². The van der Waals surface area contributed by atoms with Crippen molar-refractivity contribution in [2.24, 2.45) is 0 Å². The van der Waals surface area contributed by atoms with Crippen LogP contribution in [0.5, 0.6) is 0 Å². The summed E-state index contributed by atoms with van der Waals surface area (Å²) >= 11 is 0. The van der Waals surface area contributed by atoms with Crippen molar-refractivity contribution in [1.29, 1.82) is 0 Å². The first-order chi connectivity index (χ1) is 12.7. The van der Waals surface area contributed by atoms with Crippen LogP contribution < -0.4 is 0 Å². The molecule has 2 aromatic carbocycles.